The number of benzene rings is 2. The van der Waals surface area contributed by atoms with E-state index in [4.69, 9.17) is 0 Å². The second-order valence-electron chi connectivity index (χ2n) is 7.57. The van der Waals surface area contributed by atoms with Crippen molar-refractivity contribution in [1.29, 1.82) is 0 Å². The van der Waals surface area contributed by atoms with Gasteiger partial charge in [0.1, 0.15) is 5.82 Å². The van der Waals surface area contributed by atoms with Crippen molar-refractivity contribution in [2.24, 2.45) is 0 Å². The molecule has 4 rings (SSSR count). The molecule has 0 fully saturated rings. The van der Waals surface area contributed by atoms with E-state index in [1.165, 1.54) is 4.90 Å². The number of nitrogens with zero attached hydrogens (tertiary/aromatic N) is 3. The van der Waals surface area contributed by atoms with Gasteiger partial charge in [0.15, 0.2) is 0 Å². The maximum Gasteiger partial charge on any atom is 0.261 e. The number of carbonyl (C=O) groups is 3. The Bertz CT molecular complexity index is 1110. The van der Waals surface area contributed by atoms with E-state index in [-0.39, 0.29) is 30.7 Å². The monoisotopic (exact) mass is 413 g/mol. The third kappa shape index (κ3) is 4.38. The largest absolute Gasteiger partial charge is 0.292 e. The van der Waals surface area contributed by atoms with Gasteiger partial charge in [0.05, 0.1) is 17.7 Å². The third-order valence-electron chi connectivity index (χ3n) is 5.31. The number of rotatable bonds is 7. The van der Waals surface area contributed by atoms with Crippen LogP contribution in [0, 0.1) is 6.92 Å². The van der Waals surface area contributed by atoms with E-state index in [0.29, 0.717) is 29.9 Å². The molecule has 0 aliphatic carbocycles. The van der Waals surface area contributed by atoms with Crippen LogP contribution in [-0.4, -0.2) is 34.2 Å². The van der Waals surface area contributed by atoms with E-state index in [2.05, 4.69) is 4.98 Å². The Morgan fingerprint density at radius 3 is 2.42 bits per heavy atom. The molecule has 31 heavy (non-hydrogen) atoms. The Balaban J connectivity index is 1.43. The average molecular weight is 413 g/mol. The number of fused-ring (bicyclic) bond motifs is 1. The number of hydrogen-bond donors (Lipinski definition) is 0. The number of pyridine rings is 1. The summed E-state index contributed by atoms with van der Waals surface area (Å²) in [5.74, 6) is -0.108. The molecule has 0 unspecified atom stereocenters. The highest BCUT2D eigenvalue weighted by atomic mass is 16.2. The number of anilines is 1. The third-order valence-corrected chi connectivity index (χ3v) is 5.31. The van der Waals surface area contributed by atoms with E-state index >= 15 is 0 Å². The first-order valence-electron chi connectivity index (χ1n) is 10.3. The molecule has 0 bridgehead atoms. The van der Waals surface area contributed by atoms with Crippen molar-refractivity contribution in [2.45, 2.75) is 26.3 Å². The Hall–Kier alpha value is -3.80. The molecule has 0 saturated carbocycles. The first-order valence-corrected chi connectivity index (χ1v) is 10.3. The van der Waals surface area contributed by atoms with E-state index < -0.39 is 0 Å². The van der Waals surface area contributed by atoms with Gasteiger partial charge in [-0.25, -0.2) is 4.98 Å². The van der Waals surface area contributed by atoms with Crippen LogP contribution in [0.3, 0.4) is 0 Å². The predicted molar refractivity (Wildman–Crippen MR) is 118 cm³/mol. The SMILES string of the molecule is Cc1ccc2c(c1)C(=O)N(CCCC(=O)N(Cc1ccccc1)c1ccccn1)C2=O. The normalized spacial score (nSPS) is 12.7. The smallest absolute Gasteiger partial charge is 0.261 e. The molecule has 156 valence electrons. The molecule has 0 saturated heterocycles. The molecule has 1 aliphatic rings. The van der Waals surface area contributed by atoms with E-state index in [1.54, 1.807) is 35.4 Å². The summed E-state index contributed by atoms with van der Waals surface area (Å²) in [6.45, 7) is 2.50. The van der Waals surface area contributed by atoms with Gasteiger partial charge in [-0.2, -0.15) is 0 Å². The zero-order valence-corrected chi connectivity index (χ0v) is 17.3. The molecule has 2 aromatic carbocycles. The van der Waals surface area contributed by atoms with Crippen LogP contribution in [0.2, 0.25) is 0 Å². The lowest BCUT2D eigenvalue weighted by Gasteiger charge is -2.22. The zero-order valence-electron chi connectivity index (χ0n) is 17.3. The molecule has 1 aromatic heterocycles. The summed E-state index contributed by atoms with van der Waals surface area (Å²) in [5, 5.41) is 0. The summed E-state index contributed by atoms with van der Waals surface area (Å²) in [6.07, 6.45) is 2.25. The van der Waals surface area contributed by atoms with Crippen LogP contribution in [0.5, 0.6) is 0 Å². The van der Waals surface area contributed by atoms with Gasteiger partial charge in [-0.3, -0.25) is 24.2 Å². The van der Waals surface area contributed by atoms with E-state index in [1.807, 2.05) is 49.4 Å². The first-order chi connectivity index (χ1) is 15.0. The topological polar surface area (TPSA) is 70.6 Å². The Morgan fingerprint density at radius 2 is 1.68 bits per heavy atom. The number of aryl methyl sites for hydroxylation is 1. The maximum atomic E-state index is 13.0. The highest BCUT2D eigenvalue weighted by Crippen LogP contribution is 2.24. The summed E-state index contributed by atoms with van der Waals surface area (Å²) in [6, 6.07) is 20.4. The molecule has 0 spiro atoms. The zero-order chi connectivity index (χ0) is 21.8. The molecular weight excluding hydrogens is 390 g/mol. The molecular formula is C25H23N3O3. The molecule has 6 nitrogen and oxygen atoms in total. The van der Waals surface area contributed by atoms with Gasteiger partial charge in [-0.15, -0.1) is 0 Å². The highest BCUT2D eigenvalue weighted by Gasteiger charge is 2.35. The minimum Gasteiger partial charge on any atom is -0.292 e. The molecule has 0 radical (unpaired) electrons. The molecule has 1 aliphatic heterocycles. The molecule has 2 heterocycles. The van der Waals surface area contributed by atoms with Crippen molar-refractivity contribution in [3.05, 3.63) is 95.2 Å². The quantitative estimate of drug-likeness (QED) is 0.549. The lowest BCUT2D eigenvalue weighted by atomic mass is 10.1. The summed E-state index contributed by atoms with van der Waals surface area (Å²) in [7, 11) is 0. The van der Waals surface area contributed by atoms with Gasteiger partial charge >= 0.3 is 0 Å². The van der Waals surface area contributed by atoms with Crippen LogP contribution >= 0.6 is 0 Å². The first kappa shape index (κ1) is 20.5. The summed E-state index contributed by atoms with van der Waals surface area (Å²) < 4.78 is 0. The minimum atomic E-state index is -0.293. The average Bonchev–Trinajstić information content (AvgIpc) is 3.02. The highest BCUT2D eigenvalue weighted by molar-refractivity contribution is 6.21. The van der Waals surface area contributed by atoms with Crippen molar-refractivity contribution in [3.63, 3.8) is 0 Å². The Morgan fingerprint density at radius 1 is 0.935 bits per heavy atom. The molecule has 0 atom stereocenters. The van der Waals surface area contributed by atoms with Crippen LogP contribution in [-0.2, 0) is 11.3 Å². The second kappa shape index (κ2) is 8.92. The van der Waals surface area contributed by atoms with E-state index in [0.717, 1.165) is 11.1 Å². The maximum absolute atomic E-state index is 13.0. The van der Waals surface area contributed by atoms with Crippen molar-refractivity contribution in [1.82, 2.24) is 9.88 Å². The van der Waals surface area contributed by atoms with Crippen molar-refractivity contribution in [3.8, 4) is 0 Å². The summed E-state index contributed by atoms with van der Waals surface area (Å²) >= 11 is 0. The van der Waals surface area contributed by atoms with Gasteiger partial charge in [0.2, 0.25) is 5.91 Å². The lowest BCUT2D eigenvalue weighted by molar-refractivity contribution is -0.118. The van der Waals surface area contributed by atoms with Gasteiger partial charge < -0.3 is 0 Å². The fourth-order valence-corrected chi connectivity index (χ4v) is 3.71. The van der Waals surface area contributed by atoms with Crippen LogP contribution in [0.15, 0.2) is 72.9 Å². The summed E-state index contributed by atoms with van der Waals surface area (Å²) in [5.41, 5.74) is 2.80. The van der Waals surface area contributed by atoms with Gasteiger partial charge in [0, 0.05) is 19.2 Å². The van der Waals surface area contributed by atoms with E-state index in [9.17, 15) is 14.4 Å². The fraction of sp³-hybridized carbons (Fsp3) is 0.200. The fourth-order valence-electron chi connectivity index (χ4n) is 3.71. The number of imide groups is 1. The summed E-state index contributed by atoms with van der Waals surface area (Å²) in [4.78, 5) is 45.5. The lowest BCUT2D eigenvalue weighted by Crippen LogP contribution is -2.34. The van der Waals surface area contributed by atoms with Gasteiger partial charge in [0.25, 0.3) is 11.8 Å². The van der Waals surface area contributed by atoms with Crippen LogP contribution in [0.4, 0.5) is 5.82 Å². The van der Waals surface area contributed by atoms with Crippen molar-refractivity contribution in [2.75, 3.05) is 11.4 Å². The molecule has 3 amide bonds. The van der Waals surface area contributed by atoms with Gasteiger partial charge in [-0.1, -0.05) is 48.0 Å². The predicted octanol–water partition coefficient (Wildman–Crippen LogP) is 4.00. The van der Waals surface area contributed by atoms with Crippen molar-refractivity contribution >= 4 is 23.5 Å². The van der Waals surface area contributed by atoms with Crippen LogP contribution < -0.4 is 4.90 Å². The van der Waals surface area contributed by atoms with Crippen LogP contribution in [0.25, 0.3) is 0 Å². The Kier molecular flexibility index (Phi) is 5.89. The number of hydrogen-bond acceptors (Lipinski definition) is 4. The number of aromatic nitrogens is 1. The molecule has 6 heteroatoms. The number of amides is 3. The van der Waals surface area contributed by atoms with Crippen molar-refractivity contribution < 1.29 is 14.4 Å². The van der Waals surface area contributed by atoms with Crippen LogP contribution in [0.1, 0.15) is 44.7 Å². The Labute approximate surface area is 181 Å². The minimum absolute atomic E-state index is 0.102. The molecule has 3 aromatic rings. The molecule has 0 N–H and O–H groups in total. The second-order valence-corrected chi connectivity index (χ2v) is 7.57. The van der Waals surface area contributed by atoms with Gasteiger partial charge in [-0.05, 0) is 43.2 Å². The number of carbonyl (C=O) groups excluding carboxylic acids is 3. The standard InChI is InChI=1S/C25H23N3O3/c1-18-12-13-20-21(16-18)25(31)27(24(20)30)15-7-11-23(29)28(22-10-5-6-14-26-22)17-19-8-3-2-4-9-19/h2-6,8-10,12-14,16H,7,11,15,17H2,1H3.